The molecule has 0 fully saturated rings. The van der Waals surface area contributed by atoms with Crippen LogP contribution < -0.4 is 0 Å². The van der Waals surface area contributed by atoms with Crippen LogP contribution in [0.4, 0.5) is 0 Å². The van der Waals surface area contributed by atoms with Gasteiger partial charge in [0.05, 0.1) is 0 Å². The molecule has 0 bridgehead atoms. The molecule has 1 N–H and O–H groups in total. The highest BCUT2D eigenvalue weighted by molar-refractivity contribution is 9.10. The van der Waals surface area contributed by atoms with Gasteiger partial charge in [0.25, 0.3) is 0 Å². The SMILES string of the molecule is CCC(c1cccc(Br)c1)N(C)CCCC(=O)O. The van der Waals surface area contributed by atoms with Crippen molar-refractivity contribution >= 4 is 21.9 Å². The van der Waals surface area contributed by atoms with Gasteiger partial charge in [-0.15, -0.1) is 0 Å². The maximum absolute atomic E-state index is 10.5. The quantitative estimate of drug-likeness (QED) is 0.834. The molecule has 0 radical (unpaired) electrons. The highest BCUT2D eigenvalue weighted by Crippen LogP contribution is 2.25. The Balaban J connectivity index is 2.62. The molecule has 0 aliphatic carbocycles. The standard InChI is InChI=1S/C14H20BrNO2/c1-3-13(11-6-4-7-12(15)10-11)16(2)9-5-8-14(17)18/h4,6-7,10,13H,3,5,8-9H2,1-2H3,(H,17,18). The second-order valence-corrected chi connectivity index (χ2v) is 5.37. The van der Waals surface area contributed by atoms with Crippen LogP contribution in [0.5, 0.6) is 0 Å². The molecule has 0 saturated heterocycles. The molecule has 1 aromatic carbocycles. The zero-order valence-corrected chi connectivity index (χ0v) is 12.5. The maximum atomic E-state index is 10.5. The molecule has 0 aromatic heterocycles. The fourth-order valence-electron chi connectivity index (χ4n) is 2.15. The van der Waals surface area contributed by atoms with Crippen molar-refractivity contribution in [3.8, 4) is 0 Å². The van der Waals surface area contributed by atoms with Crippen LogP contribution >= 0.6 is 15.9 Å². The lowest BCUT2D eigenvalue weighted by molar-refractivity contribution is -0.137. The molecule has 1 unspecified atom stereocenters. The van der Waals surface area contributed by atoms with E-state index in [4.69, 9.17) is 5.11 Å². The van der Waals surface area contributed by atoms with Gasteiger partial charge in [-0.25, -0.2) is 0 Å². The molecule has 0 spiro atoms. The Kier molecular flexibility index (Phi) is 6.36. The Hall–Kier alpha value is -0.870. The number of carboxylic acids is 1. The van der Waals surface area contributed by atoms with Crippen LogP contribution in [0.25, 0.3) is 0 Å². The molecule has 4 heteroatoms. The number of benzene rings is 1. The van der Waals surface area contributed by atoms with E-state index in [-0.39, 0.29) is 6.42 Å². The van der Waals surface area contributed by atoms with Crippen molar-refractivity contribution in [3.05, 3.63) is 34.3 Å². The summed E-state index contributed by atoms with van der Waals surface area (Å²) in [7, 11) is 2.05. The summed E-state index contributed by atoms with van der Waals surface area (Å²) in [4.78, 5) is 12.7. The predicted molar refractivity (Wildman–Crippen MR) is 76.7 cm³/mol. The first kappa shape index (κ1) is 15.2. The molecule has 0 amide bonds. The third-order valence-corrected chi connectivity index (χ3v) is 3.55. The van der Waals surface area contributed by atoms with Gasteiger partial charge >= 0.3 is 5.97 Å². The zero-order chi connectivity index (χ0) is 13.5. The molecular weight excluding hydrogens is 294 g/mol. The predicted octanol–water partition coefficient (Wildman–Crippen LogP) is 3.70. The molecule has 100 valence electrons. The Morgan fingerprint density at radius 3 is 2.78 bits per heavy atom. The number of nitrogens with zero attached hydrogens (tertiary/aromatic N) is 1. The highest BCUT2D eigenvalue weighted by Gasteiger charge is 2.15. The van der Waals surface area contributed by atoms with E-state index < -0.39 is 5.97 Å². The number of hydrogen-bond acceptors (Lipinski definition) is 2. The van der Waals surface area contributed by atoms with Gasteiger partial charge in [0.2, 0.25) is 0 Å². The van der Waals surface area contributed by atoms with E-state index in [1.807, 2.05) is 12.1 Å². The summed E-state index contributed by atoms with van der Waals surface area (Å²) in [6.07, 6.45) is 1.94. The lowest BCUT2D eigenvalue weighted by Crippen LogP contribution is -2.25. The zero-order valence-electron chi connectivity index (χ0n) is 10.9. The highest BCUT2D eigenvalue weighted by atomic mass is 79.9. The second-order valence-electron chi connectivity index (χ2n) is 4.46. The van der Waals surface area contributed by atoms with Crippen LogP contribution in [0, 0.1) is 0 Å². The Morgan fingerprint density at radius 2 is 2.22 bits per heavy atom. The van der Waals surface area contributed by atoms with E-state index in [0.29, 0.717) is 12.5 Å². The normalized spacial score (nSPS) is 12.7. The molecule has 1 aromatic rings. The summed E-state index contributed by atoms with van der Waals surface area (Å²) in [5, 5.41) is 8.65. The van der Waals surface area contributed by atoms with Gasteiger partial charge in [0, 0.05) is 16.9 Å². The third-order valence-electron chi connectivity index (χ3n) is 3.05. The van der Waals surface area contributed by atoms with Crippen LogP contribution in [0.15, 0.2) is 28.7 Å². The Labute approximate surface area is 117 Å². The van der Waals surface area contributed by atoms with Gasteiger partial charge in [0.1, 0.15) is 0 Å². The molecule has 1 atom stereocenters. The molecule has 0 saturated carbocycles. The molecule has 0 heterocycles. The fraction of sp³-hybridized carbons (Fsp3) is 0.500. The summed E-state index contributed by atoms with van der Waals surface area (Å²) >= 11 is 3.48. The van der Waals surface area contributed by atoms with Crippen molar-refractivity contribution in [3.63, 3.8) is 0 Å². The van der Waals surface area contributed by atoms with Gasteiger partial charge in [-0.05, 0) is 44.1 Å². The van der Waals surface area contributed by atoms with Gasteiger partial charge in [0.15, 0.2) is 0 Å². The van der Waals surface area contributed by atoms with Crippen molar-refractivity contribution in [1.82, 2.24) is 4.90 Å². The van der Waals surface area contributed by atoms with E-state index in [2.05, 4.69) is 46.9 Å². The topological polar surface area (TPSA) is 40.5 Å². The van der Waals surface area contributed by atoms with Gasteiger partial charge in [-0.1, -0.05) is 35.0 Å². The number of carbonyl (C=O) groups is 1. The first-order valence-corrected chi connectivity index (χ1v) is 7.01. The van der Waals surface area contributed by atoms with Crippen molar-refractivity contribution in [1.29, 1.82) is 0 Å². The van der Waals surface area contributed by atoms with E-state index in [1.165, 1.54) is 5.56 Å². The number of aliphatic carboxylic acids is 1. The van der Waals surface area contributed by atoms with Gasteiger partial charge in [-0.2, -0.15) is 0 Å². The van der Waals surface area contributed by atoms with Crippen molar-refractivity contribution < 1.29 is 9.90 Å². The summed E-state index contributed by atoms with van der Waals surface area (Å²) < 4.78 is 1.08. The summed E-state index contributed by atoms with van der Waals surface area (Å²) in [5.41, 5.74) is 1.27. The van der Waals surface area contributed by atoms with Crippen LogP contribution in [0.1, 0.15) is 37.8 Å². The monoisotopic (exact) mass is 313 g/mol. The number of carboxylic acid groups (broad SMARTS) is 1. The van der Waals surface area contributed by atoms with Crippen LogP contribution in [-0.2, 0) is 4.79 Å². The van der Waals surface area contributed by atoms with Gasteiger partial charge < -0.3 is 5.11 Å². The summed E-state index contributed by atoms with van der Waals surface area (Å²) in [6, 6.07) is 8.64. The average Bonchev–Trinajstić information content (AvgIpc) is 2.29. The van der Waals surface area contributed by atoms with Gasteiger partial charge in [-0.3, -0.25) is 9.69 Å². The lowest BCUT2D eigenvalue weighted by atomic mass is 10.0. The molecule has 3 nitrogen and oxygen atoms in total. The minimum absolute atomic E-state index is 0.235. The van der Waals surface area contributed by atoms with Crippen molar-refractivity contribution in [2.24, 2.45) is 0 Å². The smallest absolute Gasteiger partial charge is 0.303 e. The van der Waals surface area contributed by atoms with Crippen molar-refractivity contribution in [2.75, 3.05) is 13.6 Å². The molecular formula is C14H20BrNO2. The molecule has 1 rings (SSSR count). The van der Waals surface area contributed by atoms with E-state index >= 15 is 0 Å². The van der Waals surface area contributed by atoms with Crippen LogP contribution in [-0.4, -0.2) is 29.6 Å². The van der Waals surface area contributed by atoms with E-state index in [0.717, 1.165) is 17.4 Å². The minimum atomic E-state index is -0.723. The van der Waals surface area contributed by atoms with E-state index in [9.17, 15) is 4.79 Å². The molecule has 0 aliphatic heterocycles. The number of rotatable bonds is 7. The first-order valence-electron chi connectivity index (χ1n) is 6.22. The fourth-order valence-corrected chi connectivity index (χ4v) is 2.57. The molecule has 0 aliphatic rings. The Morgan fingerprint density at radius 1 is 1.50 bits per heavy atom. The third kappa shape index (κ3) is 4.78. The second kappa shape index (κ2) is 7.54. The first-order chi connectivity index (χ1) is 8.54. The lowest BCUT2D eigenvalue weighted by Gasteiger charge is -2.27. The maximum Gasteiger partial charge on any atom is 0.303 e. The number of hydrogen-bond donors (Lipinski definition) is 1. The van der Waals surface area contributed by atoms with Crippen molar-refractivity contribution in [2.45, 2.75) is 32.2 Å². The Bertz CT molecular complexity index is 395. The molecule has 18 heavy (non-hydrogen) atoms. The van der Waals surface area contributed by atoms with E-state index in [1.54, 1.807) is 0 Å². The summed E-state index contributed by atoms with van der Waals surface area (Å²) in [6.45, 7) is 2.95. The number of halogens is 1. The minimum Gasteiger partial charge on any atom is -0.481 e. The summed E-state index contributed by atoms with van der Waals surface area (Å²) in [5.74, 6) is -0.723. The van der Waals surface area contributed by atoms with Crippen LogP contribution in [0.3, 0.4) is 0 Å². The largest absolute Gasteiger partial charge is 0.481 e. The average molecular weight is 314 g/mol. The van der Waals surface area contributed by atoms with Crippen LogP contribution in [0.2, 0.25) is 0 Å².